The number of hydrogen-bond donors (Lipinski definition) is 0. The number of rotatable bonds is 3. The molecule has 0 N–H and O–H groups in total. The minimum atomic E-state index is 0.0990. The number of amides is 1. The van der Waals surface area contributed by atoms with Crippen molar-refractivity contribution < 1.29 is 4.79 Å². The molecule has 0 saturated carbocycles. The Morgan fingerprint density at radius 3 is 2.48 bits per heavy atom. The topological polar surface area (TPSA) is 32.7 Å². The van der Waals surface area contributed by atoms with Crippen molar-refractivity contribution in [3.05, 3.63) is 40.4 Å². The number of amidine groups is 1. The molecule has 0 atom stereocenters. The molecule has 1 aliphatic heterocycles. The molecule has 4 heteroatoms. The number of anilines is 1. The molecule has 1 aliphatic carbocycles. The van der Waals surface area contributed by atoms with Crippen LogP contribution in [0.1, 0.15) is 39.0 Å². The third-order valence-corrected chi connectivity index (χ3v) is 4.23. The van der Waals surface area contributed by atoms with Crippen molar-refractivity contribution in [3.63, 3.8) is 0 Å². The van der Waals surface area contributed by atoms with Gasteiger partial charge >= 0.3 is 0 Å². The first-order chi connectivity index (χ1) is 10.2. The van der Waals surface area contributed by atoms with Crippen molar-refractivity contribution in [3.8, 4) is 0 Å². The van der Waals surface area contributed by atoms with Crippen molar-refractivity contribution in [1.82, 2.24) is 0 Å². The molecule has 0 unspecified atom stereocenters. The first-order valence-electron chi connectivity index (χ1n) is 7.59. The van der Waals surface area contributed by atoms with Crippen molar-refractivity contribution in [2.75, 3.05) is 11.4 Å². The number of nitrogens with zero attached hydrogens (tertiary/aromatic N) is 2. The van der Waals surface area contributed by atoms with Gasteiger partial charge in [-0.15, -0.1) is 0 Å². The van der Waals surface area contributed by atoms with E-state index in [2.05, 4.69) is 11.9 Å². The highest BCUT2D eigenvalue weighted by Gasteiger charge is 2.37. The molecule has 0 bridgehead atoms. The SMILES string of the molecule is CCC/N=C1/C2=C(CCCC2)C(=O)N1c1ccc(Cl)cc1. The third-order valence-electron chi connectivity index (χ3n) is 3.98. The van der Waals surface area contributed by atoms with Gasteiger partial charge in [0, 0.05) is 22.7 Å². The highest BCUT2D eigenvalue weighted by atomic mass is 35.5. The molecule has 1 aromatic rings. The van der Waals surface area contributed by atoms with E-state index in [1.807, 2.05) is 24.3 Å². The summed E-state index contributed by atoms with van der Waals surface area (Å²) in [5.41, 5.74) is 2.98. The molecule has 1 amide bonds. The molecule has 3 nitrogen and oxygen atoms in total. The van der Waals surface area contributed by atoms with Crippen molar-refractivity contribution in [2.24, 2.45) is 4.99 Å². The van der Waals surface area contributed by atoms with E-state index in [4.69, 9.17) is 11.6 Å². The normalized spacial score (nSPS) is 20.4. The summed E-state index contributed by atoms with van der Waals surface area (Å²) in [4.78, 5) is 19.2. The van der Waals surface area contributed by atoms with Crippen molar-refractivity contribution in [2.45, 2.75) is 39.0 Å². The number of halogens is 1. The minimum absolute atomic E-state index is 0.0990. The zero-order valence-corrected chi connectivity index (χ0v) is 13.0. The number of benzene rings is 1. The number of hydrogen-bond acceptors (Lipinski definition) is 2. The summed E-state index contributed by atoms with van der Waals surface area (Å²) in [6.45, 7) is 2.85. The van der Waals surface area contributed by atoms with E-state index in [0.29, 0.717) is 5.02 Å². The summed E-state index contributed by atoms with van der Waals surface area (Å²) in [5, 5.41) is 0.676. The predicted molar refractivity (Wildman–Crippen MR) is 87.0 cm³/mol. The van der Waals surface area contributed by atoms with Crippen LogP contribution in [0.15, 0.2) is 40.4 Å². The lowest BCUT2D eigenvalue weighted by molar-refractivity contribution is -0.114. The van der Waals surface area contributed by atoms with Gasteiger partial charge in [-0.1, -0.05) is 18.5 Å². The Kier molecular flexibility index (Phi) is 4.11. The fourth-order valence-corrected chi connectivity index (χ4v) is 3.09. The fourth-order valence-electron chi connectivity index (χ4n) is 2.97. The van der Waals surface area contributed by atoms with Gasteiger partial charge in [-0.2, -0.15) is 0 Å². The first kappa shape index (κ1) is 14.3. The largest absolute Gasteiger partial charge is 0.269 e. The lowest BCUT2D eigenvalue weighted by Crippen LogP contribution is -2.32. The van der Waals surface area contributed by atoms with E-state index in [1.165, 1.54) is 0 Å². The van der Waals surface area contributed by atoms with E-state index in [1.54, 1.807) is 4.90 Å². The Balaban J connectivity index is 2.02. The van der Waals surface area contributed by atoms with Crippen LogP contribution >= 0.6 is 11.6 Å². The van der Waals surface area contributed by atoms with Crippen molar-refractivity contribution in [1.29, 1.82) is 0 Å². The Morgan fingerprint density at radius 1 is 1.14 bits per heavy atom. The van der Waals surface area contributed by atoms with Gasteiger partial charge in [0.2, 0.25) is 0 Å². The van der Waals surface area contributed by atoms with Crippen LogP contribution in [0.25, 0.3) is 0 Å². The lowest BCUT2D eigenvalue weighted by atomic mass is 9.93. The Hall–Kier alpha value is -1.61. The number of carbonyl (C=O) groups excluding carboxylic acids is 1. The minimum Gasteiger partial charge on any atom is -0.269 e. The molecule has 21 heavy (non-hydrogen) atoms. The second-order valence-corrected chi connectivity index (χ2v) is 5.92. The second-order valence-electron chi connectivity index (χ2n) is 5.49. The maximum Gasteiger partial charge on any atom is 0.260 e. The van der Waals surface area contributed by atoms with E-state index in [9.17, 15) is 4.79 Å². The molecule has 0 aromatic heterocycles. The van der Waals surface area contributed by atoms with Gasteiger partial charge in [-0.05, 0) is 56.4 Å². The van der Waals surface area contributed by atoms with Gasteiger partial charge in [-0.3, -0.25) is 14.7 Å². The molecular formula is C17H19ClN2O. The maximum atomic E-state index is 12.8. The van der Waals surface area contributed by atoms with Gasteiger partial charge < -0.3 is 0 Å². The molecule has 0 spiro atoms. The lowest BCUT2D eigenvalue weighted by Gasteiger charge is -2.19. The number of carbonyl (C=O) groups is 1. The quantitative estimate of drug-likeness (QED) is 0.816. The summed E-state index contributed by atoms with van der Waals surface area (Å²) < 4.78 is 0. The molecule has 110 valence electrons. The highest BCUT2D eigenvalue weighted by Crippen LogP contribution is 2.36. The average Bonchev–Trinajstić information content (AvgIpc) is 2.79. The average molecular weight is 303 g/mol. The molecule has 0 fully saturated rings. The van der Waals surface area contributed by atoms with Crippen LogP contribution in [0.3, 0.4) is 0 Å². The predicted octanol–water partition coefficient (Wildman–Crippen LogP) is 4.37. The van der Waals surface area contributed by atoms with Gasteiger partial charge in [0.15, 0.2) is 0 Å². The second kappa shape index (κ2) is 6.02. The monoisotopic (exact) mass is 302 g/mol. The summed E-state index contributed by atoms with van der Waals surface area (Å²) in [7, 11) is 0. The molecule has 0 saturated heterocycles. The van der Waals surface area contributed by atoms with Crippen molar-refractivity contribution >= 4 is 29.0 Å². The Morgan fingerprint density at radius 2 is 1.81 bits per heavy atom. The third kappa shape index (κ3) is 2.62. The molecule has 1 aromatic carbocycles. The summed E-state index contributed by atoms with van der Waals surface area (Å²) in [6.07, 6.45) is 5.07. The zero-order chi connectivity index (χ0) is 14.8. The van der Waals surface area contributed by atoms with Crippen LogP contribution in [0.5, 0.6) is 0 Å². The summed E-state index contributed by atoms with van der Waals surface area (Å²) in [5.74, 6) is 0.959. The Bertz CT molecular complexity index is 616. The van der Waals surface area contributed by atoms with E-state index >= 15 is 0 Å². The first-order valence-corrected chi connectivity index (χ1v) is 7.97. The van der Waals surface area contributed by atoms with Gasteiger partial charge in [0.1, 0.15) is 5.84 Å². The zero-order valence-electron chi connectivity index (χ0n) is 12.2. The summed E-state index contributed by atoms with van der Waals surface area (Å²) in [6, 6.07) is 7.41. The summed E-state index contributed by atoms with van der Waals surface area (Å²) >= 11 is 5.95. The molecule has 2 aliphatic rings. The van der Waals surface area contributed by atoms with Crippen LogP contribution in [0, 0.1) is 0 Å². The Labute approximate surface area is 130 Å². The van der Waals surface area contributed by atoms with E-state index < -0.39 is 0 Å². The maximum absolute atomic E-state index is 12.8. The smallest absolute Gasteiger partial charge is 0.260 e. The van der Waals surface area contributed by atoms with Crippen LogP contribution < -0.4 is 4.90 Å². The van der Waals surface area contributed by atoms with Gasteiger partial charge in [0.05, 0.1) is 5.69 Å². The van der Waals surface area contributed by atoms with Gasteiger partial charge in [-0.25, -0.2) is 0 Å². The number of aliphatic imine (C=N–C) groups is 1. The molecular weight excluding hydrogens is 284 g/mol. The van der Waals surface area contributed by atoms with E-state index in [-0.39, 0.29) is 5.91 Å². The standard InChI is InChI=1S/C17H19ClN2O/c1-2-11-19-16-14-5-3-4-6-15(14)17(21)20(16)13-9-7-12(18)8-10-13/h7-10H,2-6,11H2,1H3/b19-16-. The van der Waals surface area contributed by atoms with Crippen LogP contribution in [0.2, 0.25) is 5.02 Å². The highest BCUT2D eigenvalue weighted by molar-refractivity contribution is 6.35. The van der Waals surface area contributed by atoms with Crippen LogP contribution in [-0.4, -0.2) is 18.3 Å². The fraction of sp³-hybridized carbons (Fsp3) is 0.412. The van der Waals surface area contributed by atoms with Crippen LogP contribution in [-0.2, 0) is 4.79 Å². The molecule has 3 rings (SSSR count). The van der Waals surface area contributed by atoms with Gasteiger partial charge in [0.25, 0.3) is 5.91 Å². The molecule has 1 heterocycles. The van der Waals surface area contributed by atoms with E-state index in [0.717, 1.165) is 61.3 Å². The van der Waals surface area contributed by atoms with Crippen LogP contribution in [0.4, 0.5) is 5.69 Å². The molecule has 0 radical (unpaired) electrons.